The highest BCUT2D eigenvalue weighted by molar-refractivity contribution is 7.11. The average Bonchev–Trinajstić information content (AvgIpc) is 2.78. The fraction of sp³-hybridized carbons (Fsp3) is 0.769. The SMILES string of the molecule is CCc1ncc(CNCC2(C)CCOCC2)s1. The molecule has 1 saturated heterocycles. The Bertz CT molecular complexity index is 345. The summed E-state index contributed by atoms with van der Waals surface area (Å²) >= 11 is 1.82. The summed E-state index contributed by atoms with van der Waals surface area (Å²) in [5, 5.41) is 4.80. The van der Waals surface area contributed by atoms with Crippen LogP contribution >= 0.6 is 11.3 Å². The number of nitrogens with zero attached hydrogens (tertiary/aromatic N) is 1. The van der Waals surface area contributed by atoms with Crippen LogP contribution in [0.4, 0.5) is 0 Å². The first-order chi connectivity index (χ1) is 8.22. The van der Waals surface area contributed by atoms with Gasteiger partial charge in [-0.3, -0.25) is 0 Å². The van der Waals surface area contributed by atoms with Crippen LogP contribution in [0.25, 0.3) is 0 Å². The van der Waals surface area contributed by atoms with Gasteiger partial charge in [0.2, 0.25) is 0 Å². The van der Waals surface area contributed by atoms with Crippen LogP contribution < -0.4 is 5.32 Å². The molecule has 0 bridgehead atoms. The second-order valence-electron chi connectivity index (χ2n) is 5.10. The molecule has 17 heavy (non-hydrogen) atoms. The number of nitrogens with one attached hydrogen (secondary N) is 1. The second-order valence-corrected chi connectivity index (χ2v) is 6.30. The lowest BCUT2D eigenvalue weighted by Crippen LogP contribution is -2.36. The molecule has 1 fully saturated rings. The first kappa shape index (κ1) is 13.0. The first-order valence-corrected chi connectivity index (χ1v) is 7.25. The topological polar surface area (TPSA) is 34.2 Å². The van der Waals surface area contributed by atoms with Gasteiger partial charge in [-0.15, -0.1) is 11.3 Å². The van der Waals surface area contributed by atoms with Crippen LogP contribution in [-0.4, -0.2) is 24.7 Å². The van der Waals surface area contributed by atoms with Crippen molar-refractivity contribution in [1.29, 1.82) is 0 Å². The molecule has 0 aromatic carbocycles. The van der Waals surface area contributed by atoms with Gasteiger partial charge < -0.3 is 10.1 Å². The van der Waals surface area contributed by atoms with Gasteiger partial charge in [0.15, 0.2) is 0 Å². The molecule has 0 atom stereocenters. The van der Waals surface area contributed by atoms with Crippen molar-refractivity contribution in [3.63, 3.8) is 0 Å². The number of ether oxygens (including phenoxy) is 1. The summed E-state index contributed by atoms with van der Waals surface area (Å²) in [5.74, 6) is 0. The molecule has 0 saturated carbocycles. The van der Waals surface area contributed by atoms with E-state index in [1.54, 1.807) is 0 Å². The lowest BCUT2D eigenvalue weighted by atomic mass is 9.82. The summed E-state index contributed by atoms with van der Waals surface area (Å²) in [7, 11) is 0. The Morgan fingerprint density at radius 2 is 2.24 bits per heavy atom. The lowest BCUT2D eigenvalue weighted by molar-refractivity contribution is 0.0240. The Morgan fingerprint density at radius 3 is 2.88 bits per heavy atom. The molecule has 2 rings (SSSR count). The Hall–Kier alpha value is -0.450. The van der Waals surface area contributed by atoms with Gasteiger partial charge in [-0.05, 0) is 24.7 Å². The maximum atomic E-state index is 5.41. The number of thiazole rings is 1. The van der Waals surface area contributed by atoms with E-state index in [-0.39, 0.29) is 0 Å². The zero-order valence-corrected chi connectivity index (χ0v) is 11.6. The summed E-state index contributed by atoms with van der Waals surface area (Å²) in [4.78, 5) is 5.72. The average molecular weight is 254 g/mol. The summed E-state index contributed by atoms with van der Waals surface area (Å²) in [6, 6.07) is 0. The van der Waals surface area contributed by atoms with Gasteiger partial charge in [-0.1, -0.05) is 13.8 Å². The first-order valence-electron chi connectivity index (χ1n) is 6.44. The van der Waals surface area contributed by atoms with E-state index in [2.05, 4.69) is 24.1 Å². The molecule has 96 valence electrons. The smallest absolute Gasteiger partial charge is 0.0925 e. The quantitative estimate of drug-likeness (QED) is 0.877. The third-order valence-corrected chi connectivity index (χ3v) is 4.60. The third kappa shape index (κ3) is 3.76. The Labute approximate surface area is 108 Å². The van der Waals surface area contributed by atoms with Crippen molar-refractivity contribution in [3.05, 3.63) is 16.1 Å². The Kier molecular flexibility index (Phi) is 4.54. The van der Waals surface area contributed by atoms with Gasteiger partial charge in [-0.25, -0.2) is 4.98 Å². The number of rotatable bonds is 5. The standard InChI is InChI=1S/C13H22N2OS/c1-3-12-15-9-11(17-12)8-14-10-13(2)4-6-16-7-5-13/h9,14H,3-8,10H2,1-2H3. The van der Waals surface area contributed by atoms with Gasteiger partial charge in [0, 0.05) is 37.4 Å². The summed E-state index contributed by atoms with van der Waals surface area (Å²) < 4.78 is 5.41. The maximum Gasteiger partial charge on any atom is 0.0925 e. The second kappa shape index (κ2) is 5.94. The fourth-order valence-electron chi connectivity index (χ4n) is 2.12. The highest BCUT2D eigenvalue weighted by Crippen LogP contribution is 2.28. The maximum absolute atomic E-state index is 5.41. The summed E-state index contributed by atoms with van der Waals surface area (Å²) in [6.45, 7) is 8.37. The molecule has 3 nitrogen and oxygen atoms in total. The van der Waals surface area contributed by atoms with Gasteiger partial charge in [0.25, 0.3) is 0 Å². The molecule has 1 aliphatic heterocycles. The molecule has 1 aromatic rings. The fourth-order valence-corrected chi connectivity index (χ4v) is 2.95. The van der Waals surface area contributed by atoms with E-state index < -0.39 is 0 Å². The van der Waals surface area contributed by atoms with Crippen LogP contribution in [-0.2, 0) is 17.7 Å². The highest BCUT2D eigenvalue weighted by atomic mass is 32.1. The van der Waals surface area contributed by atoms with Crippen LogP contribution in [0.2, 0.25) is 0 Å². The molecule has 0 radical (unpaired) electrons. The highest BCUT2D eigenvalue weighted by Gasteiger charge is 2.26. The number of hydrogen-bond acceptors (Lipinski definition) is 4. The molecule has 2 heterocycles. The van der Waals surface area contributed by atoms with Crippen LogP contribution in [0.15, 0.2) is 6.20 Å². The van der Waals surface area contributed by atoms with Gasteiger partial charge >= 0.3 is 0 Å². The molecule has 0 spiro atoms. The zero-order valence-electron chi connectivity index (χ0n) is 10.8. The van der Waals surface area contributed by atoms with Crippen molar-refractivity contribution in [3.8, 4) is 0 Å². The van der Waals surface area contributed by atoms with E-state index in [1.165, 1.54) is 22.7 Å². The van der Waals surface area contributed by atoms with E-state index in [0.717, 1.165) is 32.7 Å². The van der Waals surface area contributed by atoms with Crippen LogP contribution in [0.1, 0.15) is 36.6 Å². The molecule has 1 aliphatic rings. The largest absolute Gasteiger partial charge is 0.381 e. The van der Waals surface area contributed by atoms with Crippen molar-refractivity contribution < 1.29 is 4.74 Å². The summed E-state index contributed by atoms with van der Waals surface area (Å²) in [6.07, 6.45) is 5.38. The van der Waals surface area contributed by atoms with Crippen molar-refractivity contribution in [1.82, 2.24) is 10.3 Å². The van der Waals surface area contributed by atoms with Crippen LogP contribution in [0, 0.1) is 5.41 Å². The monoisotopic (exact) mass is 254 g/mol. The number of hydrogen-bond donors (Lipinski definition) is 1. The van der Waals surface area contributed by atoms with Crippen molar-refractivity contribution >= 4 is 11.3 Å². The number of aryl methyl sites for hydroxylation is 1. The van der Waals surface area contributed by atoms with Crippen LogP contribution in [0.3, 0.4) is 0 Å². The third-order valence-electron chi connectivity index (χ3n) is 3.45. The van der Waals surface area contributed by atoms with E-state index >= 15 is 0 Å². The molecule has 1 N–H and O–H groups in total. The summed E-state index contributed by atoms with van der Waals surface area (Å²) in [5.41, 5.74) is 0.413. The normalized spacial score (nSPS) is 19.4. The van der Waals surface area contributed by atoms with Gasteiger partial charge in [0.1, 0.15) is 0 Å². The number of aromatic nitrogens is 1. The van der Waals surface area contributed by atoms with E-state index in [4.69, 9.17) is 4.74 Å². The van der Waals surface area contributed by atoms with Gasteiger partial charge in [0.05, 0.1) is 5.01 Å². The van der Waals surface area contributed by atoms with E-state index in [0.29, 0.717) is 5.41 Å². The van der Waals surface area contributed by atoms with E-state index in [9.17, 15) is 0 Å². The molecular weight excluding hydrogens is 232 g/mol. The molecule has 1 aromatic heterocycles. The Balaban J connectivity index is 1.74. The minimum atomic E-state index is 0.413. The molecule has 0 amide bonds. The van der Waals surface area contributed by atoms with E-state index in [1.807, 2.05) is 17.5 Å². The van der Waals surface area contributed by atoms with Gasteiger partial charge in [-0.2, -0.15) is 0 Å². The molecular formula is C13H22N2OS. The Morgan fingerprint density at radius 1 is 1.47 bits per heavy atom. The van der Waals surface area contributed by atoms with Crippen molar-refractivity contribution in [2.75, 3.05) is 19.8 Å². The zero-order chi connectivity index (χ0) is 12.1. The minimum Gasteiger partial charge on any atom is -0.381 e. The predicted molar refractivity (Wildman–Crippen MR) is 71.4 cm³/mol. The molecule has 0 unspecified atom stereocenters. The van der Waals surface area contributed by atoms with Crippen LogP contribution in [0.5, 0.6) is 0 Å². The molecule has 4 heteroatoms. The molecule has 0 aliphatic carbocycles. The predicted octanol–water partition coefficient (Wildman–Crippen LogP) is 2.61. The minimum absolute atomic E-state index is 0.413. The lowest BCUT2D eigenvalue weighted by Gasteiger charge is -2.33. The van der Waals surface area contributed by atoms with Crippen molar-refractivity contribution in [2.24, 2.45) is 5.41 Å². The van der Waals surface area contributed by atoms with Crippen molar-refractivity contribution in [2.45, 2.75) is 39.7 Å².